The Hall–Kier alpha value is -0.670. The molecule has 2 rings (SSSR count). The van der Waals surface area contributed by atoms with Crippen LogP contribution < -0.4 is 0 Å². The molecule has 1 aliphatic carbocycles. The summed E-state index contributed by atoms with van der Waals surface area (Å²) >= 11 is 0. The third-order valence-electron chi connectivity index (χ3n) is 4.89. The first kappa shape index (κ1) is 13.8. The van der Waals surface area contributed by atoms with Crippen LogP contribution in [-0.4, -0.2) is 32.2 Å². The van der Waals surface area contributed by atoms with Crippen LogP contribution in [0, 0.1) is 0 Å². The predicted octanol–water partition coefficient (Wildman–Crippen LogP) is 1.96. The summed E-state index contributed by atoms with van der Waals surface area (Å²) < 4.78 is 11.9. The summed E-state index contributed by atoms with van der Waals surface area (Å²) in [7, 11) is -2.36. The second-order valence-corrected chi connectivity index (χ2v) is 10.2. The van der Waals surface area contributed by atoms with Crippen LogP contribution in [-0.2, 0) is 22.8 Å². The Labute approximate surface area is 111 Å². The Kier molecular flexibility index (Phi) is 3.19. The Morgan fingerprint density at radius 1 is 1.22 bits per heavy atom. The van der Waals surface area contributed by atoms with Crippen molar-refractivity contribution in [3.63, 3.8) is 0 Å². The quantitative estimate of drug-likeness (QED) is 0.805. The first-order valence-corrected chi connectivity index (χ1v) is 9.12. The first-order valence-electron chi connectivity index (χ1n) is 6.52. The molecule has 0 unspecified atom stereocenters. The number of benzene rings is 1. The van der Waals surface area contributed by atoms with Gasteiger partial charge in [-0.15, -0.1) is 9.93 Å². The van der Waals surface area contributed by atoms with E-state index in [1.165, 1.54) is 11.1 Å². The summed E-state index contributed by atoms with van der Waals surface area (Å²) in [6.45, 7) is 3.89. The average Bonchev–Trinajstić information content (AvgIpc) is 2.27. The SMILES string of the molecule is CC(C)([C@]1(O)CCc2ccccc2C1)[SH](C)(C)=O. The van der Waals surface area contributed by atoms with Gasteiger partial charge in [0, 0.05) is 11.2 Å². The van der Waals surface area contributed by atoms with E-state index in [1.54, 1.807) is 12.5 Å². The highest BCUT2D eigenvalue weighted by molar-refractivity contribution is 8.03. The molecule has 102 valence electrons. The predicted molar refractivity (Wildman–Crippen MR) is 78.9 cm³/mol. The van der Waals surface area contributed by atoms with Gasteiger partial charge in [0.1, 0.15) is 0 Å². The number of thiol groups is 1. The van der Waals surface area contributed by atoms with Crippen LogP contribution in [0.2, 0.25) is 0 Å². The molecule has 0 amide bonds. The van der Waals surface area contributed by atoms with Gasteiger partial charge in [0.05, 0.1) is 5.60 Å². The van der Waals surface area contributed by atoms with E-state index in [9.17, 15) is 9.32 Å². The lowest BCUT2D eigenvalue weighted by molar-refractivity contribution is -0.00425. The van der Waals surface area contributed by atoms with Gasteiger partial charge in [-0.3, -0.25) is 4.21 Å². The van der Waals surface area contributed by atoms with E-state index < -0.39 is 20.3 Å². The molecule has 2 nitrogen and oxygen atoms in total. The van der Waals surface area contributed by atoms with Crippen LogP contribution in [0.25, 0.3) is 0 Å². The lowest BCUT2D eigenvalue weighted by Gasteiger charge is -2.49. The third kappa shape index (κ3) is 2.04. The molecular formula is C15H24O2S. The Morgan fingerprint density at radius 3 is 2.33 bits per heavy atom. The second kappa shape index (κ2) is 4.17. The fraction of sp³-hybridized carbons (Fsp3) is 0.600. The van der Waals surface area contributed by atoms with Crippen LogP contribution in [0.4, 0.5) is 0 Å². The molecular weight excluding hydrogens is 244 g/mol. The normalized spacial score (nSPS) is 25.6. The van der Waals surface area contributed by atoms with Gasteiger partial charge in [0.2, 0.25) is 0 Å². The minimum absolute atomic E-state index is 0.548. The fourth-order valence-corrected chi connectivity index (χ4v) is 3.94. The highest BCUT2D eigenvalue weighted by Crippen LogP contribution is 2.41. The van der Waals surface area contributed by atoms with E-state index in [2.05, 4.69) is 12.1 Å². The number of aryl methyl sites for hydroxylation is 1. The Morgan fingerprint density at radius 2 is 1.78 bits per heavy atom. The van der Waals surface area contributed by atoms with E-state index in [1.807, 2.05) is 26.0 Å². The smallest absolute Gasteiger partial charge is 0.0837 e. The van der Waals surface area contributed by atoms with Gasteiger partial charge in [-0.2, -0.15) is 0 Å². The van der Waals surface area contributed by atoms with Crippen LogP contribution in [0.15, 0.2) is 24.3 Å². The molecule has 18 heavy (non-hydrogen) atoms. The number of aliphatic hydroxyl groups is 1. The van der Waals surface area contributed by atoms with Crippen LogP contribution in [0.3, 0.4) is 0 Å². The highest BCUT2D eigenvalue weighted by atomic mass is 32.2. The molecule has 1 aromatic carbocycles. The number of rotatable bonds is 2. The molecule has 1 aliphatic rings. The van der Waals surface area contributed by atoms with Gasteiger partial charge in [0.15, 0.2) is 0 Å². The van der Waals surface area contributed by atoms with Crippen molar-refractivity contribution >= 4 is 9.93 Å². The molecule has 0 heterocycles. The lowest BCUT2D eigenvalue weighted by Crippen LogP contribution is -2.59. The molecule has 0 saturated heterocycles. The van der Waals surface area contributed by atoms with Crippen LogP contribution in [0.1, 0.15) is 31.4 Å². The zero-order valence-electron chi connectivity index (χ0n) is 11.7. The maximum absolute atomic E-state index is 12.5. The first-order chi connectivity index (χ1) is 8.17. The largest absolute Gasteiger partial charge is 0.388 e. The van der Waals surface area contributed by atoms with Gasteiger partial charge >= 0.3 is 0 Å². The lowest BCUT2D eigenvalue weighted by atomic mass is 9.74. The number of hydrogen-bond acceptors (Lipinski definition) is 2. The number of hydrogen-bond donors (Lipinski definition) is 2. The van der Waals surface area contributed by atoms with Gasteiger partial charge in [-0.05, 0) is 50.3 Å². The maximum atomic E-state index is 12.5. The summed E-state index contributed by atoms with van der Waals surface area (Å²) in [6.07, 6.45) is 5.75. The summed E-state index contributed by atoms with van der Waals surface area (Å²) in [4.78, 5) is 0. The van der Waals surface area contributed by atoms with Crippen molar-refractivity contribution in [1.82, 2.24) is 0 Å². The van der Waals surface area contributed by atoms with Crippen molar-refractivity contribution in [2.24, 2.45) is 0 Å². The summed E-state index contributed by atoms with van der Waals surface area (Å²) in [5.74, 6) is 0. The average molecular weight is 268 g/mol. The molecule has 0 bridgehead atoms. The molecule has 0 saturated carbocycles. The molecule has 0 aliphatic heterocycles. The third-order valence-corrected chi connectivity index (χ3v) is 8.00. The van der Waals surface area contributed by atoms with Gasteiger partial charge < -0.3 is 5.11 Å². The molecule has 1 N–H and O–H groups in total. The summed E-state index contributed by atoms with van der Waals surface area (Å²) in [6, 6.07) is 8.25. The zero-order valence-corrected chi connectivity index (χ0v) is 12.6. The van der Waals surface area contributed by atoms with Crippen LogP contribution in [0.5, 0.6) is 0 Å². The molecule has 0 spiro atoms. The van der Waals surface area contributed by atoms with Gasteiger partial charge in [-0.1, -0.05) is 24.3 Å². The van der Waals surface area contributed by atoms with E-state index in [4.69, 9.17) is 0 Å². The standard InChI is InChI=1S/C15H24O2S/c1-14(2,18(3,4)17)15(16)10-9-12-7-5-6-8-13(12)11-15/h5-8,16,18H,9-11H2,1-4H3/t15-/m0/s1. The van der Waals surface area contributed by atoms with E-state index in [0.29, 0.717) is 12.8 Å². The summed E-state index contributed by atoms with van der Waals surface area (Å²) in [5, 5.41) is 11.0. The van der Waals surface area contributed by atoms with Crippen molar-refractivity contribution in [2.45, 2.75) is 43.5 Å². The fourth-order valence-electron chi connectivity index (χ4n) is 2.74. The number of fused-ring (bicyclic) bond motifs is 1. The van der Waals surface area contributed by atoms with Gasteiger partial charge in [-0.25, -0.2) is 0 Å². The topological polar surface area (TPSA) is 37.3 Å². The Bertz CT molecular complexity index is 501. The zero-order chi connectivity index (χ0) is 13.6. The molecule has 3 heteroatoms. The molecule has 1 aromatic rings. The minimum Gasteiger partial charge on any atom is -0.388 e. The Balaban J connectivity index is 2.40. The monoisotopic (exact) mass is 268 g/mol. The van der Waals surface area contributed by atoms with E-state index >= 15 is 0 Å². The minimum atomic E-state index is -2.36. The molecule has 0 aromatic heterocycles. The highest BCUT2D eigenvalue weighted by Gasteiger charge is 2.49. The summed E-state index contributed by atoms with van der Waals surface area (Å²) in [5.41, 5.74) is 1.66. The van der Waals surface area contributed by atoms with E-state index in [0.717, 1.165) is 6.42 Å². The van der Waals surface area contributed by atoms with Crippen molar-refractivity contribution in [2.75, 3.05) is 12.5 Å². The van der Waals surface area contributed by atoms with E-state index in [-0.39, 0.29) is 0 Å². The maximum Gasteiger partial charge on any atom is 0.0837 e. The van der Waals surface area contributed by atoms with Gasteiger partial charge in [0.25, 0.3) is 0 Å². The molecule has 1 atom stereocenters. The van der Waals surface area contributed by atoms with Crippen molar-refractivity contribution in [1.29, 1.82) is 0 Å². The molecule has 0 radical (unpaired) electrons. The van der Waals surface area contributed by atoms with Crippen molar-refractivity contribution in [3.05, 3.63) is 35.4 Å². The van der Waals surface area contributed by atoms with Crippen LogP contribution >= 0.6 is 0 Å². The second-order valence-electron chi connectivity index (χ2n) is 6.39. The molecule has 0 fully saturated rings. The van der Waals surface area contributed by atoms with Crippen molar-refractivity contribution < 1.29 is 9.32 Å². The van der Waals surface area contributed by atoms with Crippen molar-refractivity contribution in [3.8, 4) is 0 Å².